The molecule has 148 valence electrons. The van der Waals surface area contributed by atoms with Crippen LogP contribution < -0.4 is 20.3 Å². The molecule has 2 aromatic carbocycles. The van der Waals surface area contributed by atoms with Gasteiger partial charge in [0.15, 0.2) is 0 Å². The fourth-order valence-electron chi connectivity index (χ4n) is 3.52. The van der Waals surface area contributed by atoms with E-state index in [9.17, 15) is 9.59 Å². The van der Waals surface area contributed by atoms with Crippen LogP contribution in [0.25, 0.3) is 0 Å². The summed E-state index contributed by atoms with van der Waals surface area (Å²) in [5.41, 5.74) is 3.11. The van der Waals surface area contributed by atoms with Crippen LogP contribution in [0.15, 0.2) is 42.5 Å². The van der Waals surface area contributed by atoms with Gasteiger partial charge >= 0.3 is 0 Å². The van der Waals surface area contributed by atoms with E-state index in [2.05, 4.69) is 15.5 Å². The predicted molar refractivity (Wildman–Crippen MR) is 111 cm³/mol. The average Bonchev–Trinajstić information content (AvgIpc) is 2.72. The number of carbonyl (C=O) groups is 2. The second-order valence-corrected chi connectivity index (χ2v) is 6.96. The number of rotatable bonds is 6. The highest BCUT2D eigenvalue weighted by Gasteiger charge is 2.19. The minimum atomic E-state index is -0.138. The molecule has 0 saturated carbocycles. The van der Waals surface area contributed by atoms with E-state index in [-0.39, 0.29) is 11.8 Å². The molecule has 0 atom stereocenters. The van der Waals surface area contributed by atoms with E-state index in [0.717, 1.165) is 42.9 Å². The van der Waals surface area contributed by atoms with Gasteiger partial charge in [-0.25, -0.2) is 0 Å². The highest BCUT2D eigenvalue weighted by molar-refractivity contribution is 6.01. The number of nitrogens with one attached hydrogen (secondary N) is 2. The summed E-state index contributed by atoms with van der Waals surface area (Å²) in [4.78, 5) is 26.6. The molecule has 6 heteroatoms. The minimum Gasteiger partial charge on any atom is -0.496 e. The molecule has 0 radical (unpaired) electrons. The topological polar surface area (TPSA) is 70.7 Å². The number of piperidine rings is 1. The lowest BCUT2D eigenvalue weighted by Crippen LogP contribution is -2.32. The SMILES string of the molecule is COc1ccccc1CNC(=O)c1ccc(NC(C)=O)cc1N1CCCCC1. The number of benzene rings is 2. The first-order valence-corrected chi connectivity index (χ1v) is 9.65. The fourth-order valence-corrected chi connectivity index (χ4v) is 3.52. The molecule has 0 unspecified atom stereocenters. The van der Waals surface area contributed by atoms with Crippen LogP contribution in [0.3, 0.4) is 0 Å². The maximum atomic E-state index is 12.9. The van der Waals surface area contributed by atoms with E-state index in [4.69, 9.17) is 4.74 Å². The van der Waals surface area contributed by atoms with Crippen molar-refractivity contribution in [3.8, 4) is 5.75 Å². The molecule has 0 aliphatic carbocycles. The summed E-state index contributed by atoms with van der Waals surface area (Å²) in [6.45, 7) is 3.69. The van der Waals surface area contributed by atoms with Crippen molar-refractivity contribution in [2.75, 3.05) is 30.4 Å². The first kappa shape index (κ1) is 19.7. The minimum absolute atomic E-state index is 0.127. The van der Waals surface area contributed by atoms with E-state index in [0.29, 0.717) is 17.8 Å². The third-order valence-corrected chi connectivity index (χ3v) is 4.89. The Morgan fingerprint density at radius 3 is 2.54 bits per heavy atom. The van der Waals surface area contributed by atoms with E-state index in [1.165, 1.54) is 13.3 Å². The molecule has 1 fully saturated rings. The van der Waals surface area contributed by atoms with Crippen molar-refractivity contribution in [1.82, 2.24) is 5.32 Å². The maximum Gasteiger partial charge on any atom is 0.253 e. The van der Waals surface area contributed by atoms with Crippen LogP contribution in [0.4, 0.5) is 11.4 Å². The lowest BCUT2D eigenvalue weighted by atomic mass is 10.1. The molecule has 0 spiro atoms. The Morgan fingerprint density at radius 2 is 1.82 bits per heavy atom. The van der Waals surface area contributed by atoms with Gasteiger partial charge in [0.05, 0.1) is 18.4 Å². The van der Waals surface area contributed by atoms with Crippen molar-refractivity contribution in [2.45, 2.75) is 32.7 Å². The van der Waals surface area contributed by atoms with Gasteiger partial charge in [-0.05, 0) is 43.5 Å². The Bertz CT molecular complexity index is 845. The average molecular weight is 381 g/mol. The normalized spacial score (nSPS) is 13.7. The number of methoxy groups -OCH3 is 1. The van der Waals surface area contributed by atoms with Crippen molar-refractivity contribution in [1.29, 1.82) is 0 Å². The van der Waals surface area contributed by atoms with Crippen molar-refractivity contribution in [3.63, 3.8) is 0 Å². The Labute approximate surface area is 165 Å². The smallest absolute Gasteiger partial charge is 0.253 e. The number of para-hydroxylation sites is 1. The summed E-state index contributed by atoms with van der Waals surface area (Å²) in [6.07, 6.45) is 3.41. The zero-order valence-electron chi connectivity index (χ0n) is 16.5. The molecule has 2 aromatic rings. The molecule has 2 N–H and O–H groups in total. The summed E-state index contributed by atoms with van der Waals surface area (Å²) in [6, 6.07) is 13.1. The lowest BCUT2D eigenvalue weighted by molar-refractivity contribution is -0.114. The fraction of sp³-hybridized carbons (Fsp3) is 0.364. The molecule has 3 rings (SSSR count). The summed E-state index contributed by atoms with van der Waals surface area (Å²) >= 11 is 0. The third kappa shape index (κ3) is 4.82. The molecule has 0 bridgehead atoms. The largest absolute Gasteiger partial charge is 0.496 e. The van der Waals surface area contributed by atoms with Crippen molar-refractivity contribution in [2.24, 2.45) is 0 Å². The summed E-state index contributed by atoms with van der Waals surface area (Å²) in [7, 11) is 1.62. The molecular weight excluding hydrogens is 354 g/mol. The molecular formula is C22H27N3O3. The Kier molecular flexibility index (Phi) is 6.53. The van der Waals surface area contributed by atoms with Gasteiger partial charge in [0, 0.05) is 37.8 Å². The summed E-state index contributed by atoms with van der Waals surface area (Å²) in [5.74, 6) is 0.485. The van der Waals surface area contributed by atoms with Gasteiger partial charge in [-0.3, -0.25) is 9.59 Å². The third-order valence-electron chi connectivity index (χ3n) is 4.89. The second-order valence-electron chi connectivity index (χ2n) is 6.96. The van der Waals surface area contributed by atoms with E-state index in [1.54, 1.807) is 19.2 Å². The van der Waals surface area contributed by atoms with Crippen LogP contribution in [0.1, 0.15) is 42.1 Å². The van der Waals surface area contributed by atoms with Crippen LogP contribution in [0, 0.1) is 0 Å². The lowest BCUT2D eigenvalue weighted by Gasteiger charge is -2.30. The molecule has 6 nitrogen and oxygen atoms in total. The summed E-state index contributed by atoms with van der Waals surface area (Å²) in [5, 5.41) is 5.81. The molecule has 1 aliphatic rings. The number of hydrogen-bond acceptors (Lipinski definition) is 4. The van der Waals surface area contributed by atoms with E-state index in [1.807, 2.05) is 30.3 Å². The number of amides is 2. The predicted octanol–water partition coefficient (Wildman–Crippen LogP) is 3.57. The molecule has 0 aromatic heterocycles. The van der Waals surface area contributed by atoms with Gasteiger partial charge in [0.25, 0.3) is 5.91 Å². The molecule has 1 aliphatic heterocycles. The number of carbonyl (C=O) groups excluding carboxylic acids is 2. The second kappa shape index (κ2) is 9.26. The zero-order chi connectivity index (χ0) is 19.9. The highest BCUT2D eigenvalue weighted by atomic mass is 16.5. The van der Waals surface area contributed by atoms with Crippen molar-refractivity contribution < 1.29 is 14.3 Å². The molecule has 1 saturated heterocycles. The quantitative estimate of drug-likeness (QED) is 0.802. The van der Waals surface area contributed by atoms with Gasteiger partial charge in [-0.1, -0.05) is 18.2 Å². The van der Waals surface area contributed by atoms with Gasteiger partial charge in [-0.2, -0.15) is 0 Å². The van der Waals surface area contributed by atoms with Crippen LogP contribution >= 0.6 is 0 Å². The van der Waals surface area contributed by atoms with Crippen LogP contribution in [-0.4, -0.2) is 32.0 Å². The van der Waals surface area contributed by atoms with Gasteiger partial charge in [0.2, 0.25) is 5.91 Å². The number of ether oxygens (including phenoxy) is 1. The van der Waals surface area contributed by atoms with E-state index >= 15 is 0 Å². The Morgan fingerprint density at radius 1 is 1.07 bits per heavy atom. The molecule has 2 amide bonds. The summed E-state index contributed by atoms with van der Waals surface area (Å²) < 4.78 is 5.36. The van der Waals surface area contributed by atoms with Crippen LogP contribution in [0.2, 0.25) is 0 Å². The monoisotopic (exact) mass is 381 g/mol. The molecule has 1 heterocycles. The number of anilines is 2. The standard InChI is InChI=1S/C22H27N3O3/c1-16(26)24-18-10-11-19(20(14-18)25-12-6-3-7-13-25)22(27)23-15-17-8-4-5-9-21(17)28-2/h4-5,8-11,14H,3,6-7,12-13,15H2,1-2H3,(H,23,27)(H,24,26). The Hall–Kier alpha value is -3.02. The number of hydrogen-bond donors (Lipinski definition) is 2. The van der Waals surface area contributed by atoms with Gasteiger partial charge in [0.1, 0.15) is 5.75 Å². The van der Waals surface area contributed by atoms with Gasteiger partial charge in [-0.15, -0.1) is 0 Å². The highest BCUT2D eigenvalue weighted by Crippen LogP contribution is 2.28. The maximum absolute atomic E-state index is 12.9. The Balaban J connectivity index is 1.82. The van der Waals surface area contributed by atoms with Crippen molar-refractivity contribution >= 4 is 23.2 Å². The van der Waals surface area contributed by atoms with Crippen LogP contribution in [-0.2, 0) is 11.3 Å². The van der Waals surface area contributed by atoms with E-state index < -0.39 is 0 Å². The zero-order valence-corrected chi connectivity index (χ0v) is 16.5. The van der Waals surface area contributed by atoms with Gasteiger partial charge < -0.3 is 20.3 Å². The number of nitrogens with zero attached hydrogens (tertiary/aromatic N) is 1. The van der Waals surface area contributed by atoms with Crippen molar-refractivity contribution in [3.05, 3.63) is 53.6 Å². The molecule has 28 heavy (non-hydrogen) atoms. The first-order chi connectivity index (χ1) is 13.6. The van der Waals surface area contributed by atoms with Crippen LogP contribution in [0.5, 0.6) is 5.75 Å². The first-order valence-electron chi connectivity index (χ1n) is 9.65.